The number of nitrogens with one attached hydrogen (secondary N) is 1. The number of rotatable bonds is 3. The van der Waals surface area contributed by atoms with Crippen LogP contribution in [-0.4, -0.2) is 16.8 Å². The number of imide groups is 1. The molecule has 3 amide bonds. The SMILES string of the molecule is Cc1ccc(CN2C(=O)N/C(=C/c3ccsc3)C2=O)cc1. The number of amides is 3. The normalized spacial score (nSPS) is 16.6. The molecule has 1 saturated heterocycles. The quantitative estimate of drug-likeness (QED) is 0.699. The smallest absolute Gasteiger partial charge is 0.303 e. The van der Waals surface area contributed by atoms with E-state index in [4.69, 9.17) is 0 Å². The average Bonchev–Trinajstić information content (AvgIpc) is 3.06. The summed E-state index contributed by atoms with van der Waals surface area (Å²) in [6.45, 7) is 2.28. The van der Waals surface area contributed by atoms with Crippen LogP contribution in [0, 0.1) is 6.92 Å². The summed E-state index contributed by atoms with van der Waals surface area (Å²) in [5.41, 5.74) is 3.32. The third-order valence-electron chi connectivity index (χ3n) is 3.28. The summed E-state index contributed by atoms with van der Waals surface area (Å²) in [5, 5.41) is 6.48. The van der Waals surface area contributed by atoms with Crippen LogP contribution < -0.4 is 5.32 Å². The maximum atomic E-state index is 12.3. The van der Waals surface area contributed by atoms with Crippen LogP contribution in [0.25, 0.3) is 6.08 Å². The molecule has 3 rings (SSSR count). The van der Waals surface area contributed by atoms with Crippen molar-refractivity contribution in [2.75, 3.05) is 0 Å². The van der Waals surface area contributed by atoms with E-state index in [1.807, 2.05) is 48.0 Å². The van der Waals surface area contributed by atoms with Crippen molar-refractivity contribution in [1.29, 1.82) is 0 Å². The number of aryl methyl sites for hydroxylation is 1. The lowest BCUT2D eigenvalue weighted by atomic mass is 10.1. The zero-order valence-corrected chi connectivity index (χ0v) is 12.3. The fourth-order valence-electron chi connectivity index (χ4n) is 2.12. The van der Waals surface area contributed by atoms with Crippen molar-refractivity contribution in [3.8, 4) is 0 Å². The molecule has 0 radical (unpaired) electrons. The van der Waals surface area contributed by atoms with Gasteiger partial charge in [0.2, 0.25) is 0 Å². The first kappa shape index (κ1) is 13.6. The zero-order valence-electron chi connectivity index (χ0n) is 11.5. The van der Waals surface area contributed by atoms with Crippen molar-refractivity contribution < 1.29 is 9.59 Å². The van der Waals surface area contributed by atoms with E-state index in [9.17, 15) is 9.59 Å². The number of hydrogen-bond acceptors (Lipinski definition) is 3. The summed E-state index contributed by atoms with van der Waals surface area (Å²) < 4.78 is 0. The summed E-state index contributed by atoms with van der Waals surface area (Å²) in [5.74, 6) is -0.285. The third-order valence-corrected chi connectivity index (χ3v) is 3.98. The number of thiophene rings is 1. The van der Waals surface area contributed by atoms with Crippen LogP contribution in [0.5, 0.6) is 0 Å². The van der Waals surface area contributed by atoms with Gasteiger partial charge in [0, 0.05) is 0 Å². The topological polar surface area (TPSA) is 49.4 Å². The number of hydrogen-bond donors (Lipinski definition) is 1. The first-order valence-corrected chi connectivity index (χ1v) is 7.50. The molecule has 0 bridgehead atoms. The fourth-order valence-corrected chi connectivity index (χ4v) is 2.73. The first-order valence-electron chi connectivity index (χ1n) is 6.56. The molecule has 0 aliphatic carbocycles. The van der Waals surface area contributed by atoms with Crippen LogP contribution in [0.1, 0.15) is 16.7 Å². The molecular formula is C16H14N2O2S. The maximum Gasteiger partial charge on any atom is 0.329 e. The molecule has 1 fully saturated rings. The largest absolute Gasteiger partial charge is 0.329 e. The van der Waals surface area contributed by atoms with Crippen LogP contribution in [0.15, 0.2) is 46.8 Å². The summed E-state index contributed by atoms with van der Waals surface area (Å²) >= 11 is 1.55. The number of benzene rings is 1. The minimum atomic E-state index is -0.373. The van der Waals surface area contributed by atoms with Gasteiger partial charge in [-0.05, 0) is 41.0 Å². The lowest BCUT2D eigenvalue weighted by Crippen LogP contribution is -2.30. The Bertz CT molecular complexity index is 702. The second-order valence-electron chi connectivity index (χ2n) is 4.92. The minimum Gasteiger partial charge on any atom is -0.303 e. The highest BCUT2D eigenvalue weighted by molar-refractivity contribution is 7.08. The molecule has 0 saturated carbocycles. The van der Waals surface area contributed by atoms with Gasteiger partial charge >= 0.3 is 6.03 Å². The van der Waals surface area contributed by atoms with Gasteiger partial charge in [-0.1, -0.05) is 29.8 Å². The number of carbonyl (C=O) groups is 2. The highest BCUT2D eigenvalue weighted by Gasteiger charge is 2.33. The van der Waals surface area contributed by atoms with Crippen molar-refractivity contribution >= 4 is 29.4 Å². The van der Waals surface area contributed by atoms with E-state index in [2.05, 4.69) is 5.32 Å². The Balaban J connectivity index is 1.79. The molecule has 1 aliphatic rings. The van der Waals surface area contributed by atoms with Crippen LogP contribution in [0.3, 0.4) is 0 Å². The van der Waals surface area contributed by atoms with Crippen LogP contribution >= 0.6 is 11.3 Å². The number of nitrogens with zero attached hydrogens (tertiary/aromatic N) is 1. The highest BCUT2D eigenvalue weighted by atomic mass is 32.1. The van der Waals surface area contributed by atoms with Gasteiger partial charge in [0.1, 0.15) is 5.70 Å². The Morgan fingerprint density at radius 2 is 1.95 bits per heavy atom. The standard InChI is InChI=1S/C16H14N2O2S/c1-11-2-4-12(5-3-11)9-18-15(19)14(17-16(18)20)8-13-6-7-21-10-13/h2-8,10H,9H2,1H3,(H,17,20)/b14-8+. The lowest BCUT2D eigenvalue weighted by Gasteiger charge is -2.11. The summed E-state index contributed by atoms with van der Waals surface area (Å²) in [7, 11) is 0. The first-order chi connectivity index (χ1) is 10.1. The maximum absolute atomic E-state index is 12.3. The van der Waals surface area contributed by atoms with Crippen molar-refractivity contribution in [2.45, 2.75) is 13.5 Å². The Labute approximate surface area is 126 Å². The predicted molar refractivity (Wildman–Crippen MR) is 82.6 cm³/mol. The molecule has 0 spiro atoms. The van der Waals surface area contributed by atoms with E-state index in [0.29, 0.717) is 5.70 Å². The molecule has 5 heteroatoms. The highest BCUT2D eigenvalue weighted by Crippen LogP contribution is 2.18. The zero-order chi connectivity index (χ0) is 14.8. The average molecular weight is 298 g/mol. The summed E-state index contributed by atoms with van der Waals surface area (Å²) in [6.07, 6.45) is 1.70. The molecule has 21 heavy (non-hydrogen) atoms. The van der Waals surface area contributed by atoms with Gasteiger partial charge in [-0.3, -0.25) is 9.69 Å². The molecule has 0 atom stereocenters. The monoisotopic (exact) mass is 298 g/mol. The van der Waals surface area contributed by atoms with E-state index in [1.54, 1.807) is 17.4 Å². The molecule has 106 valence electrons. The van der Waals surface area contributed by atoms with Crippen molar-refractivity contribution in [2.24, 2.45) is 0 Å². The third kappa shape index (κ3) is 2.87. The van der Waals surface area contributed by atoms with Crippen LogP contribution in [0.2, 0.25) is 0 Å². The van der Waals surface area contributed by atoms with Gasteiger partial charge in [-0.2, -0.15) is 11.3 Å². The van der Waals surface area contributed by atoms with E-state index in [-0.39, 0.29) is 18.5 Å². The molecule has 1 N–H and O–H groups in total. The molecule has 1 aromatic carbocycles. The molecule has 2 aromatic rings. The van der Waals surface area contributed by atoms with Crippen molar-refractivity contribution in [3.05, 3.63) is 63.5 Å². The van der Waals surface area contributed by atoms with E-state index >= 15 is 0 Å². The van der Waals surface area contributed by atoms with Gasteiger partial charge in [0.25, 0.3) is 5.91 Å². The van der Waals surface area contributed by atoms with Gasteiger partial charge in [-0.15, -0.1) is 0 Å². The van der Waals surface area contributed by atoms with Crippen molar-refractivity contribution in [3.63, 3.8) is 0 Å². The number of urea groups is 1. The van der Waals surface area contributed by atoms with Gasteiger partial charge in [-0.25, -0.2) is 4.79 Å². The predicted octanol–water partition coefficient (Wildman–Crippen LogP) is 3.15. The van der Waals surface area contributed by atoms with E-state index in [1.165, 1.54) is 4.90 Å². The molecule has 1 aromatic heterocycles. The second kappa shape index (κ2) is 5.54. The Morgan fingerprint density at radius 1 is 1.19 bits per heavy atom. The number of carbonyl (C=O) groups excluding carboxylic acids is 2. The summed E-state index contributed by atoms with van der Waals surface area (Å²) in [6, 6.07) is 9.32. The van der Waals surface area contributed by atoms with Crippen LogP contribution in [-0.2, 0) is 11.3 Å². The van der Waals surface area contributed by atoms with Gasteiger partial charge < -0.3 is 5.32 Å². The molecule has 0 unspecified atom stereocenters. The van der Waals surface area contributed by atoms with Crippen LogP contribution in [0.4, 0.5) is 4.79 Å². The Hall–Kier alpha value is -2.40. The fraction of sp³-hybridized carbons (Fsp3) is 0.125. The summed E-state index contributed by atoms with van der Waals surface area (Å²) in [4.78, 5) is 25.5. The molecule has 1 aliphatic heterocycles. The second-order valence-corrected chi connectivity index (χ2v) is 5.70. The van der Waals surface area contributed by atoms with Gasteiger partial charge in [0.05, 0.1) is 6.54 Å². The Morgan fingerprint density at radius 3 is 2.62 bits per heavy atom. The minimum absolute atomic E-state index is 0.284. The van der Waals surface area contributed by atoms with Gasteiger partial charge in [0.15, 0.2) is 0 Å². The molecular weight excluding hydrogens is 284 g/mol. The van der Waals surface area contributed by atoms with E-state index in [0.717, 1.165) is 16.7 Å². The van der Waals surface area contributed by atoms with Crippen molar-refractivity contribution in [1.82, 2.24) is 10.2 Å². The molecule has 4 nitrogen and oxygen atoms in total. The molecule has 2 heterocycles. The lowest BCUT2D eigenvalue weighted by molar-refractivity contribution is -0.123. The van der Waals surface area contributed by atoms with E-state index < -0.39 is 0 Å². The Kier molecular flexibility index (Phi) is 3.58.